The molecule has 2 unspecified atom stereocenters. The third kappa shape index (κ3) is 5.73. The van der Waals surface area contributed by atoms with Gasteiger partial charge in [-0.3, -0.25) is 0 Å². The van der Waals surface area contributed by atoms with E-state index in [1.807, 2.05) is 84.9 Å². The van der Waals surface area contributed by atoms with E-state index in [1.54, 1.807) is 7.11 Å². The first-order valence-corrected chi connectivity index (χ1v) is 11.8. The van der Waals surface area contributed by atoms with Gasteiger partial charge >= 0.3 is 0 Å². The highest BCUT2D eigenvalue weighted by Crippen LogP contribution is 2.36. The Kier molecular flexibility index (Phi) is 7.73. The van der Waals surface area contributed by atoms with Gasteiger partial charge in [0.1, 0.15) is 30.2 Å². The molecule has 7 nitrogen and oxygen atoms in total. The first kappa shape index (κ1) is 23.9. The van der Waals surface area contributed by atoms with Crippen molar-refractivity contribution in [2.24, 2.45) is 0 Å². The van der Waals surface area contributed by atoms with Gasteiger partial charge in [-0.05, 0) is 23.3 Å². The summed E-state index contributed by atoms with van der Waals surface area (Å²) in [6, 6.07) is 27.2. The Morgan fingerprint density at radius 1 is 0.771 bits per heavy atom. The average molecular weight is 479 g/mol. The van der Waals surface area contributed by atoms with E-state index < -0.39 is 37.0 Å². The zero-order valence-electron chi connectivity index (χ0n) is 19.6. The average Bonchev–Trinajstić information content (AvgIpc) is 2.92. The smallest absolute Gasteiger partial charge is 0.184 e. The zero-order chi connectivity index (χ0) is 24.0. The minimum atomic E-state index is -1.18. The lowest BCUT2D eigenvalue weighted by Crippen LogP contribution is -2.63. The minimum Gasteiger partial charge on any atom is -0.497 e. The molecule has 35 heavy (non-hydrogen) atoms. The normalized spacial score (nSPS) is 28.3. The Bertz CT molecular complexity index is 1040. The van der Waals surface area contributed by atoms with Gasteiger partial charge in [-0.25, -0.2) is 0 Å². The highest BCUT2D eigenvalue weighted by atomic mass is 16.7. The van der Waals surface area contributed by atoms with Crippen LogP contribution in [0, 0.1) is 0 Å². The fourth-order valence-corrected chi connectivity index (χ4v) is 4.39. The summed E-state index contributed by atoms with van der Waals surface area (Å²) in [7, 11) is 1.63. The number of hydrogen-bond acceptors (Lipinski definition) is 7. The van der Waals surface area contributed by atoms with Gasteiger partial charge in [-0.15, -0.1) is 0 Å². The molecule has 7 heteroatoms. The van der Waals surface area contributed by atoms with Crippen LogP contribution in [-0.2, 0) is 36.9 Å². The van der Waals surface area contributed by atoms with Crippen molar-refractivity contribution in [3.8, 4) is 5.75 Å². The highest BCUT2D eigenvalue weighted by molar-refractivity contribution is 5.26. The number of rotatable bonds is 8. The Morgan fingerprint density at radius 2 is 1.40 bits per heavy atom. The number of aliphatic hydroxyl groups excluding tert-OH is 1. The Balaban J connectivity index is 1.36. The summed E-state index contributed by atoms with van der Waals surface area (Å²) in [5, 5.41) is 10.8. The van der Waals surface area contributed by atoms with Crippen molar-refractivity contribution in [1.82, 2.24) is 0 Å². The molecule has 0 spiro atoms. The van der Waals surface area contributed by atoms with Gasteiger partial charge in [0.05, 0.1) is 26.9 Å². The van der Waals surface area contributed by atoms with Gasteiger partial charge in [0.2, 0.25) is 0 Å². The molecule has 3 aromatic carbocycles. The molecule has 6 atom stereocenters. The first-order chi connectivity index (χ1) is 17.2. The monoisotopic (exact) mass is 478 g/mol. The minimum absolute atomic E-state index is 0.273. The van der Waals surface area contributed by atoms with E-state index in [9.17, 15) is 5.11 Å². The van der Waals surface area contributed by atoms with E-state index in [1.165, 1.54) is 0 Å². The van der Waals surface area contributed by atoms with Crippen LogP contribution in [0.3, 0.4) is 0 Å². The summed E-state index contributed by atoms with van der Waals surface area (Å²) >= 11 is 0. The summed E-state index contributed by atoms with van der Waals surface area (Å²) in [6.07, 6.45) is -4.04. The molecular formula is C28H30O7. The van der Waals surface area contributed by atoms with E-state index in [0.717, 1.165) is 22.4 Å². The van der Waals surface area contributed by atoms with Crippen LogP contribution < -0.4 is 4.74 Å². The van der Waals surface area contributed by atoms with Crippen LogP contribution in [0.1, 0.15) is 23.0 Å². The summed E-state index contributed by atoms with van der Waals surface area (Å²) in [4.78, 5) is 0. The molecule has 2 heterocycles. The van der Waals surface area contributed by atoms with Crippen LogP contribution in [0.2, 0.25) is 0 Å². The molecule has 184 valence electrons. The molecule has 5 rings (SSSR count). The molecule has 0 radical (unpaired) electrons. The van der Waals surface area contributed by atoms with Crippen molar-refractivity contribution in [1.29, 1.82) is 0 Å². The maximum atomic E-state index is 10.8. The fourth-order valence-electron chi connectivity index (χ4n) is 4.39. The summed E-state index contributed by atoms with van der Waals surface area (Å²) < 4.78 is 35.9. The second-order valence-corrected chi connectivity index (χ2v) is 8.63. The number of benzene rings is 3. The summed E-state index contributed by atoms with van der Waals surface area (Å²) in [6.45, 7) is 0.898. The maximum Gasteiger partial charge on any atom is 0.184 e. The standard InChI is InChI=1S/C28H30O7/c1-30-22-14-12-20(13-15-22)17-31-25-24-23(18-33-28(35-24)21-10-6-3-7-11-21)34-27(29)26(25)32-16-19-8-4-2-5-9-19/h2-15,23-29H,16-18H2,1H3/t23-,24-,25+,26+,27?,28?/m1/s1. The van der Waals surface area contributed by atoms with Crippen molar-refractivity contribution < 1.29 is 33.5 Å². The number of hydrogen-bond donors (Lipinski definition) is 1. The Morgan fingerprint density at radius 3 is 2.09 bits per heavy atom. The first-order valence-electron chi connectivity index (χ1n) is 11.8. The van der Waals surface area contributed by atoms with Crippen molar-refractivity contribution in [2.75, 3.05) is 13.7 Å². The molecule has 3 aromatic rings. The van der Waals surface area contributed by atoms with Gasteiger partial charge in [0, 0.05) is 5.56 Å². The van der Waals surface area contributed by atoms with Gasteiger partial charge < -0.3 is 33.5 Å². The maximum absolute atomic E-state index is 10.8. The molecule has 1 N–H and O–H groups in total. The fraction of sp³-hybridized carbons (Fsp3) is 0.357. The molecular weight excluding hydrogens is 448 g/mol. The van der Waals surface area contributed by atoms with Gasteiger partial charge in [0.25, 0.3) is 0 Å². The molecule has 0 bridgehead atoms. The third-order valence-corrected chi connectivity index (χ3v) is 6.26. The zero-order valence-corrected chi connectivity index (χ0v) is 19.6. The Hall–Kier alpha value is -2.78. The van der Waals surface area contributed by atoms with Crippen molar-refractivity contribution in [2.45, 2.75) is 50.2 Å². The molecule has 0 aliphatic carbocycles. The van der Waals surface area contributed by atoms with Crippen LogP contribution in [0.4, 0.5) is 0 Å². The molecule has 2 saturated heterocycles. The lowest BCUT2D eigenvalue weighted by Gasteiger charge is -2.47. The van der Waals surface area contributed by atoms with Crippen LogP contribution in [0.5, 0.6) is 5.75 Å². The van der Waals surface area contributed by atoms with E-state index in [4.69, 9.17) is 28.4 Å². The second kappa shape index (κ2) is 11.3. The van der Waals surface area contributed by atoms with E-state index in [2.05, 4.69) is 0 Å². The Labute approximate surface area is 205 Å². The summed E-state index contributed by atoms with van der Waals surface area (Å²) in [5.41, 5.74) is 2.87. The van der Waals surface area contributed by atoms with Crippen molar-refractivity contribution >= 4 is 0 Å². The predicted molar refractivity (Wildman–Crippen MR) is 127 cm³/mol. The molecule has 0 amide bonds. The molecule has 2 aliphatic heterocycles. The largest absolute Gasteiger partial charge is 0.497 e. The summed E-state index contributed by atoms with van der Waals surface area (Å²) in [5.74, 6) is 0.776. The van der Waals surface area contributed by atoms with E-state index in [0.29, 0.717) is 13.2 Å². The SMILES string of the molecule is COc1ccc(CO[C@H]2[C@@H]3OC(c4ccccc4)OC[C@H]3OC(O)[C@H]2OCc2ccccc2)cc1. The number of fused-ring (bicyclic) bond motifs is 1. The van der Waals surface area contributed by atoms with E-state index >= 15 is 0 Å². The molecule has 2 fully saturated rings. The quantitative estimate of drug-likeness (QED) is 0.525. The second-order valence-electron chi connectivity index (χ2n) is 8.63. The lowest BCUT2D eigenvalue weighted by atomic mass is 9.97. The molecule has 2 aliphatic rings. The van der Waals surface area contributed by atoms with Crippen LogP contribution >= 0.6 is 0 Å². The van der Waals surface area contributed by atoms with Gasteiger partial charge in [0.15, 0.2) is 12.6 Å². The van der Waals surface area contributed by atoms with E-state index in [-0.39, 0.29) is 6.61 Å². The molecule has 0 aromatic heterocycles. The number of ether oxygens (including phenoxy) is 6. The van der Waals surface area contributed by atoms with Crippen LogP contribution in [-0.4, -0.2) is 49.5 Å². The lowest BCUT2D eigenvalue weighted by molar-refractivity contribution is -0.366. The number of aliphatic hydroxyl groups is 1. The van der Waals surface area contributed by atoms with Crippen molar-refractivity contribution in [3.05, 3.63) is 102 Å². The van der Waals surface area contributed by atoms with Crippen molar-refractivity contribution in [3.63, 3.8) is 0 Å². The molecule has 0 saturated carbocycles. The highest BCUT2D eigenvalue weighted by Gasteiger charge is 2.51. The number of methoxy groups -OCH3 is 1. The van der Waals surface area contributed by atoms with Crippen LogP contribution in [0.25, 0.3) is 0 Å². The predicted octanol–water partition coefficient (Wildman–Crippen LogP) is 4.00. The topological polar surface area (TPSA) is 75.6 Å². The van der Waals surface area contributed by atoms with Gasteiger partial charge in [-0.1, -0.05) is 72.8 Å². The van der Waals surface area contributed by atoms with Gasteiger partial charge in [-0.2, -0.15) is 0 Å². The third-order valence-electron chi connectivity index (χ3n) is 6.26. The van der Waals surface area contributed by atoms with Crippen LogP contribution in [0.15, 0.2) is 84.9 Å².